The molecule has 4 aromatic rings. The molecule has 10 heteroatoms. The van der Waals surface area contributed by atoms with E-state index in [1.165, 1.54) is 0 Å². The van der Waals surface area contributed by atoms with Gasteiger partial charge in [-0.2, -0.15) is 0 Å². The van der Waals surface area contributed by atoms with Gasteiger partial charge in [0.1, 0.15) is 18.4 Å². The molecule has 4 rings (SSSR count). The molecule has 2 unspecified atom stereocenters. The fraction of sp³-hybridized carbons (Fsp3) is 0.429. The van der Waals surface area contributed by atoms with Gasteiger partial charge in [-0.15, -0.1) is 0 Å². The number of hydrogen-bond donors (Lipinski definition) is 3. The summed E-state index contributed by atoms with van der Waals surface area (Å²) in [5.74, 6) is 0.208. The first-order valence-corrected chi connectivity index (χ1v) is 18.7. The molecule has 3 N–H and O–H groups in total. The van der Waals surface area contributed by atoms with E-state index in [2.05, 4.69) is 41.6 Å². The third-order valence-electron chi connectivity index (χ3n) is 9.00. The van der Waals surface area contributed by atoms with E-state index in [1.807, 2.05) is 85.8 Å². The summed E-state index contributed by atoms with van der Waals surface area (Å²) in [6.45, 7) is 12.6. The van der Waals surface area contributed by atoms with Gasteiger partial charge in [-0.05, 0) is 107 Å². The zero-order valence-corrected chi connectivity index (χ0v) is 31.2. The van der Waals surface area contributed by atoms with Crippen LogP contribution in [-0.2, 0) is 16.1 Å². The lowest BCUT2D eigenvalue weighted by molar-refractivity contribution is -0.123. The van der Waals surface area contributed by atoms with Gasteiger partial charge in [0.05, 0.1) is 23.4 Å². The van der Waals surface area contributed by atoms with Crippen molar-refractivity contribution in [3.63, 3.8) is 0 Å². The van der Waals surface area contributed by atoms with Crippen molar-refractivity contribution in [1.29, 1.82) is 0 Å². The second kappa shape index (κ2) is 21.4. The minimum Gasteiger partial charge on any atom is -0.494 e. The number of ether oxygens (including phenoxy) is 2. The lowest BCUT2D eigenvalue weighted by Crippen LogP contribution is -2.49. The molecule has 52 heavy (non-hydrogen) atoms. The third-order valence-corrected chi connectivity index (χ3v) is 9.00. The lowest BCUT2D eigenvalue weighted by atomic mass is 10.0. The maximum Gasteiger partial charge on any atom is 0.407 e. The Morgan fingerprint density at radius 1 is 0.827 bits per heavy atom. The summed E-state index contributed by atoms with van der Waals surface area (Å²) in [5, 5.41) is 9.69. The Labute approximate surface area is 308 Å². The third kappa shape index (κ3) is 12.7. The number of benzene rings is 3. The number of para-hydroxylation sites is 1. The van der Waals surface area contributed by atoms with Gasteiger partial charge in [0.25, 0.3) is 5.91 Å². The first kappa shape index (κ1) is 39.8. The highest BCUT2D eigenvalue weighted by Gasteiger charge is 2.24. The summed E-state index contributed by atoms with van der Waals surface area (Å²) in [6.07, 6.45) is 3.83. The first-order chi connectivity index (χ1) is 25.3. The SMILES string of the molecule is CCCOc1ccc(-c2cc(C(=O)NC(CCCCNC(=O)OCc3ccccc3)C(=O)NC(C)CCCN(CC)CC)c3ccccc3n2)cc1. The molecule has 278 valence electrons. The van der Waals surface area contributed by atoms with E-state index in [0.717, 1.165) is 55.8 Å². The van der Waals surface area contributed by atoms with E-state index in [4.69, 9.17) is 14.5 Å². The van der Waals surface area contributed by atoms with Crippen molar-refractivity contribution < 1.29 is 23.9 Å². The molecule has 0 saturated heterocycles. The Bertz CT molecular complexity index is 1690. The summed E-state index contributed by atoms with van der Waals surface area (Å²) >= 11 is 0. The number of nitrogens with one attached hydrogen (secondary N) is 3. The Kier molecular flexibility index (Phi) is 16.4. The number of alkyl carbamates (subject to hydrolysis) is 1. The van der Waals surface area contributed by atoms with Crippen molar-refractivity contribution >= 4 is 28.8 Å². The summed E-state index contributed by atoms with van der Waals surface area (Å²) < 4.78 is 11.1. The maximum atomic E-state index is 14.1. The molecule has 10 nitrogen and oxygen atoms in total. The Morgan fingerprint density at radius 3 is 2.29 bits per heavy atom. The molecule has 0 fully saturated rings. The van der Waals surface area contributed by atoms with Crippen molar-refractivity contribution in [2.75, 3.05) is 32.8 Å². The number of rotatable bonds is 21. The van der Waals surface area contributed by atoms with Gasteiger partial charge < -0.3 is 30.3 Å². The van der Waals surface area contributed by atoms with Gasteiger partial charge in [0.2, 0.25) is 5.91 Å². The van der Waals surface area contributed by atoms with Crippen LogP contribution in [0.4, 0.5) is 4.79 Å². The minimum atomic E-state index is -0.770. The van der Waals surface area contributed by atoms with Crippen LogP contribution in [0.2, 0.25) is 0 Å². The van der Waals surface area contributed by atoms with Crippen LogP contribution in [0, 0.1) is 0 Å². The van der Waals surface area contributed by atoms with Gasteiger partial charge in [-0.3, -0.25) is 9.59 Å². The molecule has 0 aliphatic carbocycles. The monoisotopic (exact) mass is 709 g/mol. The smallest absolute Gasteiger partial charge is 0.407 e. The van der Waals surface area contributed by atoms with E-state index in [0.29, 0.717) is 54.6 Å². The predicted octanol–water partition coefficient (Wildman–Crippen LogP) is 7.51. The number of nitrogens with zero attached hydrogens (tertiary/aromatic N) is 2. The number of aromatic nitrogens is 1. The van der Waals surface area contributed by atoms with Crippen LogP contribution in [0.3, 0.4) is 0 Å². The van der Waals surface area contributed by atoms with Crippen LogP contribution < -0.4 is 20.7 Å². The van der Waals surface area contributed by atoms with Crippen molar-refractivity contribution in [2.24, 2.45) is 0 Å². The van der Waals surface area contributed by atoms with Gasteiger partial charge in [-0.1, -0.05) is 69.3 Å². The molecule has 2 atom stereocenters. The Morgan fingerprint density at radius 2 is 1.56 bits per heavy atom. The number of unbranched alkanes of at least 4 members (excludes halogenated alkanes) is 1. The normalized spacial score (nSPS) is 12.2. The topological polar surface area (TPSA) is 122 Å². The van der Waals surface area contributed by atoms with Crippen molar-refractivity contribution in [1.82, 2.24) is 25.8 Å². The fourth-order valence-corrected chi connectivity index (χ4v) is 5.97. The summed E-state index contributed by atoms with van der Waals surface area (Å²) in [5.41, 5.74) is 3.54. The number of pyridine rings is 1. The van der Waals surface area contributed by atoms with Crippen molar-refractivity contribution in [3.8, 4) is 17.0 Å². The molecule has 1 aromatic heterocycles. The molecule has 3 aromatic carbocycles. The number of carbonyl (C=O) groups is 3. The number of carbonyl (C=O) groups excluding carboxylic acids is 3. The van der Waals surface area contributed by atoms with E-state index >= 15 is 0 Å². The molecular formula is C42H55N5O5. The van der Waals surface area contributed by atoms with Crippen LogP contribution in [0.5, 0.6) is 5.75 Å². The van der Waals surface area contributed by atoms with E-state index < -0.39 is 12.1 Å². The van der Waals surface area contributed by atoms with E-state index in [9.17, 15) is 14.4 Å². The Hall–Kier alpha value is -4.96. The van der Waals surface area contributed by atoms with E-state index in [1.54, 1.807) is 6.07 Å². The largest absolute Gasteiger partial charge is 0.494 e. The number of hydrogen-bond acceptors (Lipinski definition) is 7. The van der Waals surface area contributed by atoms with Crippen LogP contribution in [-0.4, -0.2) is 72.7 Å². The summed E-state index contributed by atoms with van der Waals surface area (Å²) in [6, 6.07) is 25.7. The second-order valence-corrected chi connectivity index (χ2v) is 13.0. The van der Waals surface area contributed by atoms with E-state index in [-0.39, 0.29) is 24.5 Å². The molecule has 0 saturated carbocycles. The quantitative estimate of drug-likeness (QED) is 0.0766. The van der Waals surface area contributed by atoms with Gasteiger partial charge in [0, 0.05) is 23.5 Å². The van der Waals surface area contributed by atoms with Crippen molar-refractivity contribution in [3.05, 3.63) is 96.1 Å². The molecule has 0 bridgehead atoms. The molecule has 0 aliphatic heterocycles. The fourth-order valence-electron chi connectivity index (χ4n) is 5.97. The highest BCUT2D eigenvalue weighted by Crippen LogP contribution is 2.27. The summed E-state index contributed by atoms with van der Waals surface area (Å²) in [7, 11) is 0. The first-order valence-electron chi connectivity index (χ1n) is 18.7. The van der Waals surface area contributed by atoms with Crippen LogP contribution in [0.1, 0.15) is 82.1 Å². The van der Waals surface area contributed by atoms with Crippen LogP contribution >= 0.6 is 0 Å². The molecule has 3 amide bonds. The van der Waals surface area contributed by atoms with Gasteiger partial charge in [0.15, 0.2) is 0 Å². The average Bonchev–Trinajstić information content (AvgIpc) is 3.17. The van der Waals surface area contributed by atoms with Gasteiger partial charge >= 0.3 is 6.09 Å². The zero-order valence-electron chi connectivity index (χ0n) is 31.2. The minimum absolute atomic E-state index is 0.0545. The standard InChI is InChI=1S/C42H55N5O5/c1-5-28-51-34-24-22-33(23-25-34)39-29-36(35-19-11-12-20-37(35)45-39)40(48)46-38(41(49)44-31(4)16-15-27-47(6-2)7-3)21-13-14-26-43-42(50)52-30-32-17-9-8-10-18-32/h8-12,17-20,22-25,29,31,38H,5-7,13-16,21,26-28,30H2,1-4H3,(H,43,50)(H,44,49)(H,46,48). The second-order valence-electron chi connectivity index (χ2n) is 13.0. The summed E-state index contributed by atoms with van der Waals surface area (Å²) in [4.78, 5) is 47.3. The number of fused-ring (bicyclic) bond motifs is 1. The van der Waals surface area contributed by atoms with Gasteiger partial charge in [-0.25, -0.2) is 9.78 Å². The highest BCUT2D eigenvalue weighted by atomic mass is 16.5. The average molecular weight is 710 g/mol. The maximum absolute atomic E-state index is 14.1. The van der Waals surface area contributed by atoms with Crippen LogP contribution in [0.25, 0.3) is 22.2 Å². The van der Waals surface area contributed by atoms with Crippen LogP contribution in [0.15, 0.2) is 84.9 Å². The molecular weight excluding hydrogens is 654 g/mol. The Balaban J connectivity index is 1.44. The highest BCUT2D eigenvalue weighted by molar-refractivity contribution is 6.08. The zero-order chi connectivity index (χ0) is 37.1. The molecule has 1 heterocycles. The molecule has 0 aliphatic rings. The molecule has 0 radical (unpaired) electrons. The lowest BCUT2D eigenvalue weighted by Gasteiger charge is -2.23. The molecule has 0 spiro atoms. The van der Waals surface area contributed by atoms with Crippen molar-refractivity contribution in [2.45, 2.75) is 84.9 Å². The predicted molar refractivity (Wildman–Crippen MR) is 207 cm³/mol. The number of amides is 3.